The van der Waals surface area contributed by atoms with Crippen LogP contribution in [0.1, 0.15) is 95.3 Å². The summed E-state index contributed by atoms with van der Waals surface area (Å²) in [4.78, 5) is 27.5. The maximum Gasteiger partial charge on any atom is 0.346 e. The van der Waals surface area contributed by atoms with Crippen LogP contribution in [0.4, 0.5) is 8.78 Å². The Morgan fingerprint density at radius 1 is 0.957 bits per heavy atom. The summed E-state index contributed by atoms with van der Waals surface area (Å²) in [5.41, 5.74) is 9.93. The lowest BCUT2D eigenvalue weighted by Crippen LogP contribution is -2.65. The van der Waals surface area contributed by atoms with E-state index in [1.807, 2.05) is 32.0 Å². The zero-order valence-electron chi connectivity index (χ0n) is 28.0. The molecule has 0 spiro atoms. The van der Waals surface area contributed by atoms with E-state index in [1.54, 1.807) is 12.1 Å². The second-order valence-electron chi connectivity index (χ2n) is 13.0. The van der Waals surface area contributed by atoms with Crippen LogP contribution in [0.25, 0.3) is 0 Å². The molecular formula is C38H51F2N4O3+. The van der Waals surface area contributed by atoms with Crippen LogP contribution >= 0.6 is 0 Å². The van der Waals surface area contributed by atoms with Crippen molar-refractivity contribution in [1.29, 1.82) is 0 Å². The van der Waals surface area contributed by atoms with Crippen molar-refractivity contribution < 1.29 is 28.0 Å². The van der Waals surface area contributed by atoms with Gasteiger partial charge in [-0.25, -0.2) is 13.6 Å². The number of piperidine rings is 1. The number of aryl methyl sites for hydroxylation is 1. The summed E-state index contributed by atoms with van der Waals surface area (Å²) in [6, 6.07) is 16.1. The van der Waals surface area contributed by atoms with Gasteiger partial charge in [0.05, 0.1) is 18.7 Å². The monoisotopic (exact) mass is 649 g/mol. The van der Waals surface area contributed by atoms with Gasteiger partial charge in [0, 0.05) is 37.7 Å². The van der Waals surface area contributed by atoms with Gasteiger partial charge in [0.2, 0.25) is 5.91 Å². The third-order valence-electron chi connectivity index (χ3n) is 9.43. The van der Waals surface area contributed by atoms with Crippen molar-refractivity contribution in [2.75, 3.05) is 32.7 Å². The van der Waals surface area contributed by atoms with Crippen LogP contribution in [0.3, 0.4) is 0 Å². The molecule has 1 heterocycles. The van der Waals surface area contributed by atoms with Crippen LogP contribution < -0.4 is 16.4 Å². The third kappa shape index (κ3) is 9.32. The Hall–Kier alpha value is -3.50. The highest BCUT2D eigenvalue weighted by molar-refractivity contribution is 5.97. The Morgan fingerprint density at radius 2 is 1.64 bits per heavy atom. The minimum atomic E-state index is -1.04. The Bertz CT molecular complexity index is 1480. The molecule has 1 saturated heterocycles. The summed E-state index contributed by atoms with van der Waals surface area (Å²) in [5, 5.41) is 18.7. The van der Waals surface area contributed by atoms with Crippen molar-refractivity contribution in [2.24, 2.45) is 5.73 Å². The van der Waals surface area contributed by atoms with Gasteiger partial charge >= 0.3 is 5.91 Å². The van der Waals surface area contributed by atoms with Crippen LogP contribution in [0.5, 0.6) is 0 Å². The minimum Gasteiger partial charge on any atom is -0.386 e. The summed E-state index contributed by atoms with van der Waals surface area (Å²) >= 11 is 0. The van der Waals surface area contributed by atoms with Gasteiger partial charge < -0.3 is 21.5 Å². The first kappa shape index (κ1) is 36.3. The Balaban J connectivity index is 1.77. The van der Waals surface area contributed by atoms with Crippen LogP contribution in [0.15, 0.2) is 60.7 Å². The van der Waals surface area contributed by atoms with E-state index in [0.29, 0.717) is 43.6 Å². The molecule has 3 unspecified atom stereocenters. The number of quaternary nitrogens is 1. The molecule has 0 aliphatic carbocycles. The van der Waals surface area contributed by atoms with E-state index >= 15 is 4.79 Å². The van der Waals surface area contributed by atoms with Gasteiger partial charge in [-0.15, -0.1) is 0 Å². The van der Waals surface area contributed by atoms with Crippen LogP contribution in [0, 0.1) is 11.6 Å². The van der Waals surface area contributed by atoms with E-state index in [1.165, 1.54) is 17.7 Å². The fourth-order valence-electron chi connectivity index (χ4n) is 7.21. The molecule has 1 fully saturated rings. The molecule has 254 valence electrons. The van der Waals surface area contributed by atoms with E-state index in [2.05, 4.69) is 29.7 Å². The van der Waals surface area contributed by atoms with Gasteiger partial charge in [0.25, 0.3) is 0 Å². The number of hydrogen-bond acceptors (Lipinski definition) is 5. The van der Waals surface area contributed by atoms with E-state index in [-0.39, 0.29) is 34.8 Å². The summed E-state index contributed by atoms with van der Waals surface area (Å²) < 4.78 is 28.8. The zero-order chi connectivity index (χ0) is 34.0. The van der Waals surface area contributed by atoms with Gasteiger partial charge in [-0.05, 0) is 97.2 Å². The molecule has 1 aliphatic rings. The van der Waals surface area contributed by atoms with Gasteiger partial charge in [-0.2, -0.15) is 0 Å². The number of primary amides is 1. The predicted molar refractivity (Wildman–Crippen MR) is 182 cm³/mol. The molecule has 7 nitrogen and oxygen atoms in total. The number of carbonyl (C=O) groups is 2. The van der Waals surface area contributed by atoms with Crippen molar-refractivity contribution in [1.82, 2.24) is 10.6 Å². The highest BCUT2D eigenvalue weighted by Crippen LogP contribution is 2.31. The van der Waals surface area contributed by atoms with Crippen molar-refractivity contribution in [2.45, 2.75) is 83.9 Å². The summed E-state index contributed by atoms with van der Waals surface area (Å²) in [6.45, 7) is 9.19. The lowest BCUT2D eigenvalue weighted by atomic mass is 9.88. The molecule has 0 aromatic heterocycles. The number of aliphatic hydroxyl groups is 1. The van der Waals surface area contributed by atoms with E-state index in [0.717, 1.165) is 49.5 Å². The van der Waals surface area contributed by atoms with Gasteiger partial charge in [0.1, 0.15) is 23.8 Å². The lowest BCUT2D eigenvalue weighted by molar-refractivity contribution is -0.878. The Kier molecular flexibility index (Phi) is 13.2. The molecule has 47 heavy (non-hydrogen) atoms. The molecule has 0 saturated carbocycles. The number of nitrogens with two attached hydrogens (primary N) is 1. The molecule has 3 atom stereocenters. The Labute approximate surface area is 278 Å². The average Bonchev–Trinajstić information content (AvgIpc) is 3.06. The molecule has 2 amide bonds. The number of benzene rings is 3. The normalized spacial score (nSPS) is 16.5. The first-order chi connectivity index (χ1) is 22.6. The largest absolute Gasteiger partial charge is 0.386 e. The van der Waals surface area contributed by atoms with Crippen molar-refractivity contribution in [3.05, 3.63) is 106 Å². The first-order valence-corrected chi connectivity index (χ1v) is 17.1. The molecule has 3 aromatic carbocycles. The van der Waals surface area contributed by atoms with E-state index in [9.17, 15) is 18.7 Å². The number of hydrogen-bond donors (Lipinski definition) is 4. The molecule has 3 aromatic rings. The second kappa shape index (κ2) is 17.1. The van der Waals surface area contributed by atoms with Crippen LogP contribution in [-0.2, 0) is 19.4 Å². The third-order valence-corrected chi connectivity index (χ3v) is 9.43. The number of nitrogens with zero attached hydrogens (tertiary/aromatic N) is 1. The number of halogens is 2. The van der Waals surface area contributed by atoms with E-state index in [4.69, 9.17) is 5.73 Å². The maximum absolute atomic E-state index is 15.0. The highest BCUT2D eigenvalue weighted by atomic mass is 19.1. The van der Waals surface area contributed by atoms with Gasteiger partial charge in [0.15, 0.2) is 0 Å². The summed E-state index contributed by atoms with van der Waals surface area (Å²) in [5.74, 6) is -2.15. The predicted octanol–water partition coefficient (Wildman–Crippen LogP) is 5.63. The minimum absolute atomic E-state index is 0.0729. The molecule has 5 N–H and O–H groups in total. The molecule has 9 heteroatoms. The SMILES string of the molecule is CCC[N+](CCC)(C(=O)c1cc(C(N)=O)cc(C2CCCNC2)c1)C(Cc1cc(F)cc(F)c1)C(O)CNCc1cccc(CC)c1. The number of carbonyl (C=O) groups excluding carboxylic acids is 2. The molecule has 4 rings (SSSR count). The van der Waals surface area contributed by atoms with Crippen LogP contribution in [-0.4, -0.2) is 66.3 Å². The first-order valence-electron chi connectivity index (χ1n) is 17.1. The van der Waals surface area contributed by atoms with Crippen molar-refractivity contribution in [3.63, 3.8) is 0 Å². The van der Waals surface area contributed by atoms with Crippen molar-refractivity contribution in [3.8, 4) is 0 Å². The zero-order valence-corrected chi connectivity index (χ0v) is 28.0. The van der Waals surface area contributed by atoms with Crippen molar-refractivity contribution >= 4 is 11.8 Å². The fourth-order valence-corrected chi connectivity index (χ4v) is 7.21. The lowest BCUT2D eigenvalue weighted by Gasteiger charge is -2.44. The molecular weight excluding hydrogens is 598 g/mol. The fraction of sp³-hybridized carbons (Fsp3) is 0.474. The van der Waals surface area contributed by atoms with E-state index < -0.39 is 29.7 Å². The standard InChI is InChI=1S/C38H50F2N4O3/c1-4-13-44(14-5-2,38(47)32-20-30(19-31(21-32)37(41)46)29-11-8-12-42-24-29)35(18-28-16-33(39)22-34(40)17-28)36(45)25-43-23-27-10-7-9-26(6-3)15-27/h7,9-10,15-17,19-22,29,35-36,42-43,45H,4-6,8,11-14,18,23-25H2,1-3H3,(H-,41,46)/p+1. The van der Waals surface area contributed by atoms with Gasteiger partial charge in [-0.3, -0.25) is 9.28 Å². The quantitative estimate of drug-likeness (QED) is 0.151. The Morgan fingerprint density at radius 3 is 2.26 bits per heavy atom. The summed E-state index contributed by atoms with van der Waals surface area (Å²) in [7, 11) is 0. The maximum atomic E-state index is 15.0. The number of aliphatic hydroxyl groups excluding tert-OH is 1. The van der Waals surface area contributed by atoms with Gasteiger partial charge in [-0.1, -0.05) is 45.0 Å². The number of amides is 2. The molecule has 1 aliphatic heterocycles. The smallest absolute Gasteiger partial charge is 0.346 e. The second-order valence-corrected chi connectivity index (χ2v) is 13.0. The highest BCUT2D eigenvalue weighted by Gasteiger charge is 2.47. The average molecular weight is 650 g/mol. The molecule has 0 radical (unpaired) electrons. The van der Waals surface area contributed by atoms with Crippen LogP contribution in [0.2, 0.25) is 0 Å². The number of nitrogens with one attached hydrogen (secondary N) is 2. The topological polar surface area (TPSA) is 104 Å². The number of rotatable bonds is 16. The summed E-state index contributed by atoms with van der Waals surface area (Å²) in [6.07, 6.45) is 3.09. The molecule has 0 bridgehead atoms.